The van der Waals surface area contributed by atoms with E-state index in [1.807, 2.05) is 0 Å². The van der Waals surface area contributed by atoms with Gasteiger partial charge >= 0.3 is 0 Å². The predicted molar refractivity (Wildman–Crippen MR) is 108 cm³/mol. The van der Waals surface area contributed by atoms with Crippen molar-refractivity contribution < 1.29 is 13.8 Å². The first kappa shape index (κ1) is 24.1. The van der Waals surface area contributed by atoms with E-state index in [1.54, 1.807) is 23.5 Å². The molecule has 0 aromatic carbocycles. The van der Waals surface area contributed by atoms with Gasteiger partial charge in [0.2, 0.25) is 10.2 Å². The Labute approximate surface area is 157 Å². The topological polar surface area (TPSA) is 103 Å². The summed E-state index contributed by atoms with van der Waals surface area (Å²) in [5, 5.41) is -1.42. The van der Waals surface area contributed by atoms with Crippen molar-refractivity contribution in [3.63, 3.8) is 0 Å². The largest absolute Gasteiger partial charge is 0.320 e. The molecule has 0 rings (SSSR count). The van der Waals surface area contributed by atoms with Crippen LogP contribution in [0, 0.1) is 11.8 Å². The fourth-order valence-corrected chi connectivity index (χ4v) is 5.11. The van der Waals surface area contributed by atoms with E-state index in [9.17, 15) is 13.8 Å². The van der Waals surface area contributed by atoms with Crippen LogP contribution in [0.25, 0.3) is 0 Å². The first-order chi connectivity index (χ1) is 11.2. The second-order valence-corrected chi connectivity index (χ2v) is 10.3. The second kappa shape index (κ2) is 13.3. The molecule has 0 aromatic heterocycles. The van der Waals surface area contributed by atoms with Crippen LogP contribution in [-0.2, 0) is 20.4 Å². The van der Waals surface area contributed by atoms with Crippen LogP contribution in [0.15, 0.2) is 0 Å². The lowest BCUT2D eigenvalue weighted by Gasteiger charge is -2.13. The van der Waals surface area contributed by atoms with Gasteiger partial charge in [-0.2, -0.15) is 23.5 Å². The third-order valence-electron chi connectivity index (χ3n) is 3.24. The van der Waals surface area contributed by atoms with Crippen molar-refractivity contribution in [2.45, 2.75) is 52.6 Å². The molecule has 0 aliphatic heterocycles. The summed E-state index contributed by atoms with van der Waals surface area (Å²) >= 11 is 3.10. The molecule has 0 aliphatic carbocycles. The van der Waals surface area contributed by atoms with E-state index >= 15 is 0 Å². The van der Waals surface area contributed by atoms with E-state index < -0.39 is 33.1 Å². The van der Waals surface area contributed by atoms with E-state index in [0.717, 1.165) is 24.3 Å². The lowest BCUT2D eigenvalue weighted by Crippen LogP contribution is -2.43. The van der Waals surface area contributed by atoms with Gasteiger partial charge in [-0.05, 0) is 36.2 Å². The SMILES string of the molecule is CC(C)CCSC[C@H](N)C(=O)S(=O)C(=O)[C@@H](N)CSCCC(C)C. The van der Waals surface area contributed by atoms with E-state index in [-0.39, 0.29) is 0 Å². The summed E-state index contributed by atoms with van der Waals surface area (Å²) < 4.78 is 12.0. The molecule has 0 heterocycles. The highest BCUT2D eigenvalue weighted by Crippen LogP contribution is 2.12. The molecule has 0 saturated heterocycles. The number of nitrogens with two attached hydrogens (primary N) is 2. The van der Waals surface area contributed by atoms with Gasteiger partial charge < -0.3 is 11.5 Å². The van der Waals surface area contributed by atoms with Crippen molar-refractivity contribution in [1.82, 2.24) is 0 Å². The van der Waals surface area contributed by atoms with Crippen molar-refractivity contribution >= 4 is 44.6 Å². The summed E-state index contributed by atoms with van der Waals surface area (Å²) in [5.41, 5.74) is 11.5. The number of thioether (sulfide) groups is 2. The molecule has 0 amide bonds. The van der Waals surface area contributed by atoms with Gasteiger partial charge in [0.05, 0.1) is 12.1 Å². The molecular weight excluding hydrogens is 364 g/mol. The highest BCUT2D eigenvalue weighted by Gasteiger charge is 2.29. The molecule has 0 unspecified atom stereocenters. The normalized spacial score (nSPS) is 14.4. The van der Waals surface area contributed by atoms with Crippen molar-refractivity contribution in [2.24, 2.45) is 23.3 Å². The third kappa shape index (κ3) is 10.9. The minimum Gasteiger partial charge on any atom is -0.320 e. The average molecular weight is 397 g/mol. The molecular formula is C16H32N2O3S3. The van der Waals surface area contributed by atoms with Gasteiger partial charge in [-0.3, -0.25) is 9.59 Å². The lowest BCUT2D eigenvalue weighted by atomic mass is 10.2. The summed E-state index contributed by atoms with van der Waals surface area (Å²) in [5.74, 6) is 3.72. The van der Waals surface area contributed by atoms with E-state index in [1.165, 1.54) is 0 Å². The first-order valence-electron chi connectivity index (χ1n) is 8.32. The van der Waals surface area contributed by atoms with Gasteiger partial charge in [0.1, 0.15) is 0 Å². The number of carbonyl (C=O) groups is 2. The van der Waals surface area contributed by atoms with Crippen LogP contribution in [0.3, 0.4) is 0 Å². The summed E-state index contributed by atoms with van der Waals surface area (Å²) in [6, 6.07) is -1.76. The van der Waals surface area contributed by atoms with Crippen molar-refractivity contribution in [1.29, 1.82) is 0 Å². The van der Waals surface area contributed by atoms with Gasteiger partial charge in [-0.25, -0.2) is 4.21 Å². The number of hydrogen-bond donors (Lipinski definition) is 2. The van der Waals surface area contributed by atoms with Crippen LogP contribution in [-0.4, -0.2) is 49.5 Å². The molecule has 142 valence electrons. The number of rotatable bonds is 12. The fraction of sp³-hybridized carbons (Fsp3) is 0.875. The van der Waals surface area contributed by atoms with Gasteiger partial charge in [0.15, 0.2) is 10.8 Å². The molecule has 24 heavy (non-hydrogen) atoms. The van der Waals surface area contributed by atoms with Gasteiger partial charge in [0.25, 0.3) is 0 Å². The Morgan fingerprint density at radius 1 is 0.833 bits per heavy atom. The Balaban J connectivity index is 4.19. The lowest BCUT2D eigenvalue weighted by molar-refractivity contribution is -0.114. The quantitative estimate of drug-likeness (QED) is 0.486. The molecule has 0 aliphatic rings. The van der Waals surface area contributed by atoms with E-state index in [4.69, 9.17) is 11.5 Å². The molecule has 0 aromatic rings. The smallest absolute Gasteiger partial charge is 0.244 e. The van der Waals surface area contributed by atoms with Crippen LogP contribution >= 0.6 is 23.5 Å². The second-order valence-electron chi connectivity index (χ2n) is 6.63. The van der Waals surface area contributed by atoms with Crippen LogP contribution in [0.4, 0.5) is 0 Å². The minimum absolute atomic E-state index is 0.378. The van der Waals surface area contributed by atoms with Gasteiger partial charge in [-0.1, -0.05) is 27.7 Å². The van der Waals surface area contributed by atoms with Gasteiger partial charge in [0, 0.05) is 11.5 Å². The molecule has 2 atom stereocenters. The highest BCUT2D eigenvalue weighted by atomic mass is 32.2. The molecule has 0 bridgehead atoms. The van der Waals surface area contributed by atoms with Crippen molar-refractivity contribution in [2.75, 3.05) is 23.0 Å². The Hall–Kier alpha value is 0.110. The first-order valence-corrected chi connectivity index (χ1v) is 11.8. The van der Waals surface area contributed by atoms with Crippen LogP contribution in [0.2, 0.25) is 0 Å². The molecule has 8 heteroatoms. The molecule has 0 spiro atoms. The summed E-state index contributed by atoms with van der Waals surface area (Å²) in [6.07, 6.45) is 2.07. The zero-order chi connectivity index (χ0) is 18.7. The average Bonchev–Trinajstić information content (AvgIpc) is 2.52. The Kier molecular flexibility index (Phi) is 13.4. The van der Waals surface area contributed by atoms with Crippen LogP contribution < -0.4 is 11.5 Å². The third-order valence-corrected chi connectivity index (χ3v) is 6.82. The number of hydrogen-bond acceptors (Lipinski definition) is 7. The highest BCUT2D eigenvalue weighted by molar-refractivity contribution is 8.13. The van der Waals surface area contributed by atoms with Crippen LogP contribution in [0.1, 0.15) is 40.5 Å². The Morgan fingerprint density at radius 2 is 1.17 bits per heavy atom. The molecule has 0 radical (unpaired) electrons. The fourth-order valence-electron chi connectivity index (χ4n) is 1.57. The Morgan fingerprint density at radius 3 is 1.46 bits per heavy atom. The van der Waals surface area contributed by atoms with Crippen molar-refractivity contribution in [3.8, 4) is 0 Å². The van der Waals surface area contributed by atoms with E-state index in [0.29, 0.717) is 23.3 Å². The zero-order valence-electron chi connectivity index (χ0n) is 15.2. The molecule has 5 nitrogen and oxygen atoms in total. The molecule has 0 fully saturated rings. The monoisotopic (exact) mass is 396 g/mol. The maximum atomic E-state index is 12.0. The Bertz CT molecular complexity index is 381. The summed E-state index contributed by atoms with van der Waals surface area (Å²) in [4.78, 5) is 24.0. The van der Waals surface area contributed by atoms with Crippen molar-refractivity contribution in [3.05, 3.63) is 0 Å². The summed E-state index contributed by atoms with van der Waals surface area (Å²) in [6.45, 7) is 8.50. The number of carbonyl (C=O) groups excluding carboxylic acids is 2. The summed E-state index contributed by atoms with van der Waals surface area (Å²) in [7, 11) is -2.25. The molecule has 0 saturated carbocycles. The van der Waals surface area contributed by atoms with E-state index in [2.05, 4.69) is 27.7 Å². The van der Waals surface area contributed by atoms with Crippen LogP contribution in [0.5, 0.6) is 0 Å². The zero-order valence-corrected chi connectivity index (χ0v) is 17.6. The predicted octanol–water partition coefficient (Wildman–Crippen LogP) is 2.00. The van der Waals surface area contributed by atoms with Gasteiger partial charge in [-0.15, -0.1) is 0 Å². The standard InChI is InChI=1S/C16H32N2O3S3/c1-11(2)5-7-22-9-13(17)15(19)24(21)16(20)14(18)10-23-8-6-12(3)4/h11-14H,5-10,17-18H2,1-4H3/t13-,14-/m0/s1. The minimum atomic E-state index is -2.25. The molecule has 4 N–H and O–H groups in total. The maximum Gasteiger partial charge on any atom is 0.244 e. The maximum absolute atomic E-state index is 12.0.